The van der Waals surface area contributed by atoms with Gasteiger partial charge in [-0.15, -0.1) is 11.3 Å². The summed E-state index contributed by atoms with van der Waals surface area (Å²) in [6.45, 7) is 11.0. The number of aryl methyl sites for hydroxylation is 1. The average molecular weight is 638 g/mol. The van der Waals surface area contributed by atoms with Crippen LogP contribution in [0.5, 0.6) is 11.6 Å². The molecule has 0 unspecified atom stereocenters. The third kappa shape index (κ3) is 7.20. The maximum Gasteiger partial charge on any atom is 0.410 e. The van der Waals surface area contributed by atoms with Gasteiger partial charge in [0.2, 0.25) is 11.8 Å². The molecule has 0 spiro atoms. The van der Waals surface area contributed by atoms with Crippen LogP contribution in [0.2, 0.25) is 0 Å². The molecule has 1 fully saturated rings. The van der Waals surface area contributed by atoms with E-state index in [2.05, 4.69) is 62.2 Å². The molecule has 2 aromatic carbocycles. The molecular formula is C35H39N7O3S. The van der Waals surface area contributed by atoms with Gasteiger partial charge in [0.25, 0.3) is 0 Å². The Hall–Kier alpha value is -4.77. The largest absolute Gasteiger partial charge is 0.444 e. The minimum absolute atomic E-state index is 0.000473. The Kier molecular flexibility index (Phi) is 9.03. The molecule has 11 heteroatoms. The summed E-state index contributed by atoms with van der Waals surface area (Å²) in [6, 6.07) is 16.1. The van der Waals surface area contributed by atoms with E-state index in [4.69, 9.17) is 14.5 Å². The fourth-order valence-electron chi connectivity index (χ4n) is 5.56. The summed E-state index contributed by atoms with van der Waals surface area (Å²) in [7, 11) is 0. The van der Waals surface area contributed by atoms with Gasteiger partial charge in [-0.05, 0) is 77.3 Å². The SMILES string of the molecule is Cc1ccc2c(N[C@@H](C)c3cscn3)cccc2c1Oc1ncccc1-c1ccnc(N[C@H]2CCCN(C(=O)OC(C)(C)C)C2)n1. The Balaban J connectivity index is 1.23. The molecular weight excluding hydrogens is 598 g/mol. The lowest BCUT2D eigenvalue weighted by Gasteiger charge is -2.34. The zero-order valence-corrected chi connectivity index (χ0v) is 27.6. The van der Waals surface area contributed by atoms with Crippen molar-refractivity contribution in [2.75, 3.05) is 23.7 Å². The van der Waals surface area contributed by atoms with E-state index in [1.807, 2.05) is 57.5 Å². The third-order valence-electron chi connectivity index (χ3n) is 7.78. The van der Waals surface area contributed by atoms with Gasteiger partial charge >= 0.3 is 6.09 Å². The molecule has 10 nitrogen and oxygen atoms in total. The number of pyridine rings is 1. The van der Waals surface area contributed by atoms with E-state index in [1.165, 1.54) is 0 Å². The number of aromatic nitrogens is 4. The highest BCUT2D eigenvalue weighted by Crippen LogP contribution is 2.39. The van der Waals surface area contributed by atoms with Gasteiger partial charge in [0, 0.05) is 53.4 Å². The number of amides is 1. The van der Waals surface area contributed by atoms with E-state index >= 15 is 0 Å². The van der Waals surface area contributed by atoms with E-state index in [-0.39, 0.29) is 18.2 Å². The number of ether oxygens (including phenoxy) is 2. The third-order valence-corrected chi connectivity index (χ3v) is 8.39. The lowest BCUT2D eigenvalue weighted by molar-refractivity contribution is 0.0206. The molecule has 0 aliphatic carbocycles. The Morgan fingerprint density at radius 3 is 2.72 bits per heavy atom. The van der Waals surface area contributed by atoms with Crippen LogP contribution in [0.15, 0.2) is 71.8 Å². The van der Waals surface area contributed by atoms with Crippen molar-refractivity contribution >= 4 is 39.8 Å². The fraction of sp³-hybridized carbons (Fsp3) is 0.343. The first-order chi connectivity index (χ1) is 22.1. The lowest BCUT2D eigenvalue weighted by Crippen LogP contribution is -2.47. The topological polar surface area (TPSA) is 114 Å². The molecule has 0 bridgehead atoms. The van der Waals surface area contributed by atoms with Gasteiger partial charge in [0.05, 0.1) is 28.5 Å². The number of carbonyl (C=O) groups is 1. The number of nitrogens with zero attached hydrogens (tertiary/aromatic N) is 5. The summed E-state index contributed by atoms with van der Waals surface area (Å²) in [5.74, 6) is 1.67. The van der Waals surface area contributed by atoms with Crippen molar-refractivity contribution < 1.29 is 14.3 Å². The summed E-state index contributed by atoms with van der Waals surface area (Å²) >= 11 is 1.59. The highest BCUT2D eigenvalue weighted by molar-refractivity contribution is 7.07. The quantitative estimate of drug-likeness (QED) is 0.174. The molecule has 3 aromatic heterocycles. The van der Waals surface area contributed by atoms with Crippen LogP contribution in [0.25, 0.3) is 22.0 Å². The van der Waals surface area contributed by atoms with Crippen molar-refractivity contribution in [3.8, 4) is 22.9 Å². The van der Waals surface area contributed by atoms with Crippen molar-refractivity contribution in [1.29, 1.82) is 0 Å². The number of carbonyl (C=O) groups excluding carboxylic acids is 1. The zero-order chi connectivity index (χ0) is 32.3. The van der Waals surface area contributed by atoms with Crippen LogP contribution in [-0.4, -0.2) is 55.7 Å². The molecule has 5 aromatic rings. The summed E-state index contributed by atoms with van der Waals surface area (Å²) in [6.07, 6.45) is 4.90. The predicted octanol–water partition coefficient (Wildman–Crippen LogP) is 8.23. The highest BCUT2D eigenvalue weighted by Gasteiger charge is 2.28. The van der Waals surface area contributed by atoms with Gasteiger partial charge in [-0.3, -0.25) is 0 Å². The lowest BCUT2D eigenvalue weighted by atomic mass is 10.0. The van der Waals surface area contributed by atoms with Crippen LogP contribution in [0.1, 0.15) is 57.8 Å². The standard InChI is InChI=1S/C35H39N7O3S/c1-22-13-14-25-26(10-6-12-28(25)39-23(2)30-20-46-21-38-30)31(22)44-32-27(11-7-16-36-32)29-15-17-37-33(41-29)40-24-9-8-18-42(19-24)34(43)45-35(3,4)5/h6-7,10-17,20-21,23-24,39H,8-9,18-19H2,1-5H3,(H,37,40,41)/t23-,24-/m0/s1. The Labute approximate surface area is 273 Å². The van der Waals surface area contributed by atoms with E-state index < -0.39 is 5.60 Å². The van der Waals surface area contributed by atoms with Crippen LogP contribution in [-0.2, 0) is 4.74 Å². The van der Waals surface area contributed by atoms with Gasteiger partial charge in [-0.2, -0.15) is 0 Å². The number of nitrogens with one attached hydrogen (secondary N) is 2. The number of anilines is 2. The first-order valence-electron chi connectivity index (χ1n) is 15.5. The summed E-state index contributed by atoms with van der Waals surface area (Å²) in [4.78, 5) is 32.8. The number of thiazole rings is 1. The second kappa shape index (κ2) is 13.3. The van der Waals surface area contributed by atoms with Crippen LogP contribution < -0.4 is 15.4 Å². The van der Waals surface area contributed by atoms with E-state index in [1.54, 1.807) is 28.6 Å². The monoisotopic (exact) mass is 637 g/mol. The minimum atomic E-state index is -0.539. The fourth-order valence-corrected chi connectivity index (χ4v) is 6.20. The smallest absolute Gasteiger partial charge is 0.410 e. The van der Waals surface area contributed by atoms with Crippen LogP contribution in [0.3, 0.4) is 0 Å². The summed E-state index contributed by atoms with van der Waals surface area (Å²) in [5, 5.41) is 11.1. The number of likely N-dealkylation sites (tertiary alicyclic amines) is 1. The molecule has 1 saturated heterocycles. The minimum Gasteiger partial charge on any atom is -0.444 e. The number of rotatable bonds is 8. The molecule has 4 heterocycles. The Morgan fingerprint density at radius 1 is 1.04 bits per heavy atom. The van der Waals surface area contributed by atoms with Crippen molar-refractivity contribution in [1.82, 2.24) is 24.8 Å². The summed E-state index contributed by atoms with van der Waals surface area (Å²) in [5.41, 5.74) is 5.74. The molecule has 2 N–H and O–H groups in total. The van der Waals surface area contributed by atoms with Crippen LogP contribution in [0.4, 0.5) is 16.4 Å². The maximum atomic E-state index is 12.7. The van der Waals surface area contributed by atoms with Crippen molar-refractivity contribution in [3.63, 3.8) is 0 Å². The van der Waals surface area contributed by atoms with E-state index in [0.717, 1.165) is 51.9 Å². The van der Waals surface area contributed by atoms with Crippen molar-refractivity contribution in [3.05, 3.63) is 83.1 Å². The van der Waals surface area contributed by atoms with E-state index in [0.29, 0.717) is 30.6 Å². The van der Waals surface area contributed by atoms with Crippen molar-refractivity contribution in [2.45, 2.75) is 65.1 Å². The second-order valence-electron chi connectivity index (χ2n) is 12.5. The van der Waals surface area contributed by atoms with Crippen LogP contribution in [0, 0.1) is 6.92 Å². The van der Waals surface area contributed by atoms with Gasteiger partial charge in [-0.25, -0.2) is 24.7 Å². The van der Waals surface area contributed by atoms with Gasteiger partial charge < -0.3 is 25.0 Å². The second-order valence-corrected chi connectivity index (χ2v) is 13.2. The molecule has 1 aliphatic rings. The number of benzene rings is 2. The highest BCUT2D eigenvalue weighted by atomic mass is 32.1. The number of hydrogen-bond acceptors (Lipinski definition) is 10. The number of fused-ring (bicyclic) bond motifs is 1. The zero-order valence-electron chi connectivity index (χ0n) is 26.8. The molecule has 1 amide bonds. The number of piperidine rings is 1. The van der Waals surface area contributed by atoms with Gasteiger partial charge in [-0.1, -0.05) is 24.3 Å². The number of hydrogen-bond donors (Lipinski definition) is 2. The van der Waals surface area contributed by atoms with Gasteiger partial charge in [0.15, 0.2) is 0 Å². The Bertz CT molecular complexity index is 1820. The van der Waals surface area contributed by atoms with Crippen LogP contribution >= 0.6 is 11.3 Å². The van der Waals surface area contributed by atoms with Crippen molar-refractivity contribution in [2.24, 2.45) is 0 Å². The Morgan fingerprint density at radius 2 is 1.91 bits per heavy atom. The molecule has 46 heavy (non-hydrogen) atoms. The van der Waals surface area contributed by atoms with E-state index in [9.17, 15) is 4.79 Å². The average Bonchev–Trinajstić information content (AvgIpc) is 3.58. The normalized spacial score (nSPS) is 15.8. The first-order valence-corrected chi connectivity index (χ1v) is 16.5. The molecule has 0 saturated carbocycles. The predicted molar refractivity (Wildman–Crippen MR) is 183 cm³/mol. The molecule has 2 atom stereocenters. The molecule has 0 radical (unpaired) electrons. The summed E-state index contributed by atoms with van der Waals surface area (Å²) < 4.78 is 12.2. The maximum absolute atomic E-state index is 12.7. The molecule has 6 rings (SSSR count). The molecule has 1 aliphatic heterocycles. The van der Waals surface area contributed by atoms with Gasteiger partial charge in [0.1, 0.15) is 11.4 Å². The molecule has 238 valence electrons. The first kappa shape index (κ1) is 31.2.